The maximum absolute atomic E-state index is 13.5. The monoisotopic (exact) mass is 599 g/mol. The summed E-state index contributed by atoms with van der Waals surface area (Å²) >= 11 is 12.4. The van der Waals surface area contributed by atoms with Gasteiger partial charge in [-0.3, -0.25) is 14.4 Å². The van der Waals surface area contributed by atoms with Crippen molar-refractivity contribution in [2.24, 2.45) is 5.92 Å². The summed E-state index contributed by atoms with van der Waals surface area (Å²) in [4.78, 5) is 43.5. The molecule has 1 N–H and O–H groups in total. The lowest BCUT2D eigenvalue weighted by atomic mass is 9.83. The SMILES string of the molecule is CN(C(=O)c1ccc(C(F)(F)F)cc1)C1CCN(C(=O)C2CCN(C(=O)CO)CC2)C[C@H]1c1ccc(Cl)c(Cl)c1. The number of likely N-dealkylation sites (tertiary alicyclic amines) is 2. The van der Waals surface area contributed by atoms with Gasteiger partial charge in [0.2, 0.25) is 11.8 Å². The summed E-state index contributed by atoms with van der Waals surface area (Å²) in [6.07, 6.45) is -3.07. The first-order valence-corrected chi connectivity index (χ1v) is 13.7. The van der Waals surface area contributed by atoms with Crippen LogP contribution in [0.15, 0.2) is 42.5 Å². The maximum Gasteiger partial charge on any atom is 0.416 e. The van der Waals surface area contributed by atoms with Crippen LogP contribution in [0.25, 0.3) is 0 Å². The van der Waals surface area contributed by atoms with E-state index in [0.29, 0.717) is 55.5 Å². The Kier molecular flexibility index (Phi) is 9.32. The number of benzene rings is 2. The van der Waals surface area contributed by atoms with Crippen LogP contribution in [0.5, 0.6) is 0 Å². The number of likely N-dealkylation sites (N-methyl/N-ethyl adjacent to an activating group) is 1. The van der Waals surface area contributed by atoms with Crippen LogP contribution >= 0.6 is 23.2 Å². The molecule has 0 aliphatic carbocycles. The fraction of sp³-hybridized carbons (Fsp3) is 0.464. The van der Waals surface area contributed by atoms with Gasteiger partial charge in [-0.2, -0.15) is 13.2 Å². The smallest absolute Gasteiger partial charge is 0.387 e. The molecule has 0 aromatic heterocycles. The van der Waals surface area contributed by atoms with Crippen molar-refractivity contribution >= 4 is 40.9 Å². The number of carbonyl (C=O) groups is 3. The van der Waals surface area contributed by atoms with E-state index in [4.69, 9.17) is 28.3 Å². The van der Waals surface area contributed by atoms with E-state index in [1.165, 1.54) is 17.0 Å². The van der Waals surface area contributed by atoms with Gasteiger partial charge in [-0.15, -0.1) is 0 Å². The van der Waals surface area contributed by atoms with Crippen molar-refractivity contribution < 1.29 is 32.7 Å². The second-order valence-electron chi connectivity index (χ2n) is 10.2. The van der Waals surface area contributed by atoms with Crippen LogP contribution in [0, 0.1) is 5.92 Å². The molecule has 2 aliphatic heterocycles. The van der Waals surface area contributed by atoms with Gasteiger partial charge < -0.3 is 19.8 Å². The fourth-order valence-corrected chi connectivity index (χ4v) is 5.87. The first-order valence-electron chi connectivity index (χ1n) is 13.0. The summed E-state index contributed by atoms with van der Waals surface area (Å²) in [6, 6.07) is 8.92. The molecule has 2 atom stereocenters. The minimum absolute atomic E-state index is 0.0312. The Morgan fingerprint density at radius 2 is 1.57 bits per heavy atom. The Morgan fingerprint density at radius 3 is 2.15 bits per heavy atom. The third-order valence-electron chi connectivity index (χ3n) is 7.87. The summed E-state index contributed by atoms with van der Waals surface area (Å²) in [7, 11) is 1.61. The van der Waals surface area contributed by atoms with Gasteiger partial charge in [0.1, 0.15) is 6.61 Å². The van der Waals surface area contributed by atoms with Crippen LogP contribution in [0.4, 0.5) is 13.2 Å². The quantitative estimate of drug-likeness (QED) is 0.540. The number of piperidine rings is 2. The van der Waals surface area contributed by atoms with Crippen molar-refractivity contribution in [2.45, 2.75) is 37.4 Å². The molecular formula is C28H30Cl2F3N3O4. The lowest BCUT2D eigenvalue weighted by Crippen LogP contribution is -2.53. The molecule has 3 amide bonds. The van der Waals surface area contributed by atoms with Crippen LogP contribution in [-0.4, -0.2) is 83.4 Å². The average molecular weight is 600 g/mol. The molecule has 0 radical (unpaired) electrons. The Balaban J connectivity index is 1.53. The van der Waals surface area contributed by atoms with Crippen molar-refractivity contribution in [1.29, 1.82) is 0 Å². The van der Waals surface area contributed by atoms with Gasteiger partial charge in [0, 0.05) is 56.7 Å². The number of carbonyl (C=O) groups excluding carboxylic acids is 3. The van der Waals surface area contributed by atoms with Gasteiger partial charge in [0.15, 0.2) is 0 Å². The van der Waals surface area contributed by atoms with Gasteiger partial charge in [-0.25, -0.2) is 0 Å². The normalized spacial score (nSPS) is 20.4. The predicted octanol–water partition coefficient (Wildman–Crippen LogP) is 4.70. The minimum atomic E-state index is -4.50. The molecule has 2 aliphatic rings. The highest BCUT2D eigenvalue weighted by atomic mass is 35.5. The molecule has 0 saturated carbocycles. The minimum Gasteiger partial charge on any atom is -0.387 e. The van der Waals surface area contributed by atoms with E-state index in [2.05, 4.69) is 0 Å². The molecule has 2 fully saturated rings. The number of aliphatic hydroxyl groups excluding tert-OH is 1. The van der Waals surface area contributed by atoms with Crippen LogP contribution in [0.2, 0.25) is 10.0 Å². The zero-order chi connectivity index (χ0) is 29.2. The van der Waals surface area contributed by atoms with Crippen LogP contribution in [-0.2, 0) is 15.8 Å². The summed E-state index contributed by atoms with van der Waals surface area (Å²) in [5.41, 5.74) is 0.0807. The van der Waals surface area contributed by atoms with Gasteiger partial charge >= 0.3 is 6.18 Å². The first-order chi connectivity index (χ1) is 18.9. The Labute approximate surface area is 240 Å². The fourth-order valence-electron chi connectivity index (χ4n) is 5.56. The Morgan fingerprint density at radius 1 is 0.950 bits per heavy atom. The number of amides is 3. The number of rotatable bonds is 5. The van der Waals surface area contributed by atoms with Crippen molar-refractivity contribution in [3.63, 3.8) is 0 Å². The van der Waals surface area contributed by atoms with E-state index in [1.54, 1.807) is 35.0 Å². The number of hydrogen-bond acceptors (Lipinski definition) is 4. The maximum atomic E-state index is 13.5. The number of hydrogen-bond donors (Lipinski definition) is 1. The molecule has 0 spiro atoms. The van der Waals surface area contributed by atoms with E-state index in [0.717, 1.165) is 17.7 Å². The Hall–Kier alpha value is -2.82. The largest absolute Gasteiger partial charge is 0.416 e. The van der Waals surface area contributed by atoms with Crippen LogP contribution in [0.3, 0.4) is 0 Å². The van der Waals surface area contributed by atoms with E-state index in [-0.39, 0.29) is 35.3 Å². The summed E-state index contributed by atoms with van der Waals surface area (Å²) in [6.45, 7) is 0.930. The number of nitrogens with zero attached hydrogens (tertiary/aromatic N) is 3. The van der Waals surface area contributed by atoms with Gasteiger partial charge in [0.25, 0.3) is 5.91 Å². The summed E-state index contributed by atoms with van der Waals surface area (Å²) < 4.78 is 39.0. The zero-order valence-corrected chi connectivity index (χ0v) is 23.3. The van der Waals surface area contributed by atoms with Crippen molar-refractivity contribution in [2.75, 3.05) is 39.8 Å². The Bertz CT molecular complexity index is 1250. The van der Waals surface area contributed by atoms with E-state index in [9.17, 15) is 27.6 Å². The number of aliphatic hydroxyl groups is 1. The standard InChI is InChI=1S/C28H30Cl2F3N3O4/c1-34(26(39)17-2-5-20(6-3-17)28(31,32)33)24-10-13-36(15-21(24)19-4-7-22(29)23(30)14-19)27(40)18-8-11-35(12-9-18)25(38)16-37/h2-7,14,18,21,24,37H,8-13,15-16H2,1H3/t21-,24?/m0/s1. The lowest BCUT2D eigenvalue weighted by molar-refractivity contribution is -0.143. The van der Waals surface area contributed by atoms with Gasteiger partial charge in [-0.05, 0) is 61.2 Å². The highest BCUT2D eigenvalue weighted by Crippen LogP contribution is 2.36. The molecule has 4 rings (SSSR count). The van der Waals surface area contributed by atoms with Gasteiger partial charge in [0.05, 0.1) is 15.6 Å². The van der Waals surface area contributed by atoms with Crippen molar-refractivity contribution in [1.82, 2.24) is 14.7 Å². The molecule has 2 heterocycles. The topological polar surface area (TPSA) is 81.2 Å². The average Bonchev–Trinajstić information content (AvgIpc) is 2.96. The van der Waals surface area contributed by atoms with E-state index in [1.807, 2.05) is 0 Å². The van der Waals surface area contributed by atoms with Gasteiger partial charge in [-0.1, -0.05) is 29.3 Å². The zero-order valence-electron chi connectivity index (χ0n) is 21.8. The van der Waals surface area contributed by atoms with Crippen molar-refractivity contribution in [3.8, 4) is 0 Å². The highest BCUT2D eigenvalue weighted by Gasteiger charge is 2.39. The third kappa shape index (κ3) is 6.56. The molecule has 40 heavy (non-hydrogen) atoms. The second kappa shape index (κ2) is 12.4. The van der Waals surface area contributed by atoms with E-state index < -0.39 is 24.3 Å². The van der Waals surface area contributed by atoms with E-state index >= 15 is 0 Å². The van der Waals surface area contributed by atoms with Crippen LogP contribution in [0.1, 0.15) is 46.7 Å². The van der Waals surface area contributed by atoms with Crippen LogP contribution < -0.4 is 0 Å². The molecule has 2 saturated heterocycles. The lowest BCUT2D eigenvalue weighted by Gasteiger charge is -2.44. The number of alkyl halides is 3. The van der Waals surface area contributed by atoms with Crippen molar-refractivity contribution in [3.05, 3.63) is 69.2 Å². The first kappa shape index (κ1) is 30.1. The highest BCUT2D eigenvalue weighted by molar-refractivity contribution is 6.42. The summed E-state index contributed by atoms with van der Waals surface area (Å²) in [5.74, 6) is -1.40. The molecule has 12 heteroatoms. The molecule has 0 bridgehead atoms. The molecule has 1 unspecified atom stereocenters. The number of halogens is 5. The molecule has 2 aromatic rings. The molecule has 216 valence electrons. The second-order valence-corrected chi connectivity index (χ2v) is 11.0. The molecule has 7 nitrogen and oxygen atoms in total. The molecular weight excluding hydrogens is 570 g/mol. The summed E-state index contributed by atoms with van der Waals surface area (Å²) in [5, 5.41) is 9.81. The molecule has 2 aromatic carbocycles. The third-order valence-corrected chi connectivity index (χ3v) is 8.61. The predicted molar refractivity (Wildman–Crippen MR) is 144 cm³/mol.